The van der Waals surface area contributed by atoms with Crippen LogP contribution in [0.25, 0.3) is 11.5 Å². The molecule has 0 spiro atoms. The Balaban J connectivity index is 2.41. The van der Waals surface area contributed by atoms with Crippen LogP contribution in [-0.2, 0) is 6.54 Å². The minimum absolute atomic E-state index is 0.440. The van der Waals surface area contributed by atoms with Crippen molar-refractivity contribution in [3.8, 4) is 11.5 Å². The third-order valence-corrected chi connectivity index (χ3v) is 1.83. The first kappa shape index (κ1) is 8.83. The standard InChI is InChI=1S/C9H10N4O/c1-6-2-9(14-13-6)8-3-7(4-10)5-11-12-8/h2-3,5H,4,10H2,1H3. The lowest BCUT2D eigenvalue weighted by Crippen LogP contribution is -1.98. The molecule has 0 atom stereocenters. The Morgan fingerprint density at radius 1 is 1.43 bits per heavy atom. The number of aromatic nitrogens is 3. The second-order valence-corrected chi connectivity index (χ2v) is 2.99. The average molecular weight is 190 g/mol. The van der Waals surface area contributed by atoms with Crippen LogP contribution < -0.4 is 5.73 Å². The number of aryl methyl sites for hydroxylation is 1. The molecular formula is C9H10N4O. The maximum atomic E-state index is 5.49. The molecule has 14 heavy (non-hydrogen) atoms. The summed E-state index contributed by atoms with van der Waals surface area (Å²) in [6, 6.07) is 3.65. The highest BCUT2D eigenvalue weighted by atomic mass is 16.5. The molecule has 2 aromatic heterocycles. The molecule has 0 aromatic carbocycles. The van der Waals surface area contributed by atoms with Gasteiger partial charge in [-0.15, -0.1) is 5.10 Å². The van der Waals surface area contributed by atoms with E-state index in [4.69, 9.17) is 10.3 Å². The minimum Gasteiger partial charge on any atom is -0.354 e. The molecule has 0 aliphatic heterocycles. The number of nitrogens with two attached hydrogens (primary N) is 1. The summed E-state index contributed by atoms with van der Waals surface area (Å²) in [7, 11) is 0. The quantitative estimate of drug-likeness (QED) is 0.761. The molecule has 0 aliphatic rings. The van der Waals surface area contributed by atoms with Crippen molar-refractivity contribution in [1.82, 2.24) is 15.4 Å². The first-order chi connectivity index (χ1) is 6.79. The monoisotopic (exact) mass is 190 g/mol. The lowest BCUT2D eigenvalue weighted by Gasteiger charge is -1.96. The molecule has 0 amide bonds. The predicted octanol–water partition coefficient (Wildman–Crippen LogP) is 0.899. The molecule has 72 valence electrons. The van der Waals surface area contributed by atoms with E-state index in [-0.39, 0.29) is 0 Å². The van der Waals surface area contributed by atoms with E-state index in [1.54, 1.807) is 6.20 Å². The van der Waals surface area contributed by atoms with Gasteiger partial charge >= 0.3 is 0 Å². The van der Waals surface area contributed by atoms with Gasteiger partial charge in [0.05, 0.1) is 11.9 Å². The SMILES string of the molecule is Cc1cc(-c2cc(CN)cnn2)on1. The van der Waals surface area contributed by atoms with E-state index in [9.17, 15) is 0 Å². The van der Waals surface area contributed by atoms with E-state index >= 15 is 0 Å². The lowest BCUT2D eigenvalue weighted by atomic mass is 10.2. The Labute approximate surface area is 80.9 Å². The smallest absolute Gasteiger partial charge is 0.187 e. The Morgan fingerprint density at radius 3 is 2.93 bits per heavy atom. The van der Waals surface area contributed by atoms with Crippen LogP contribution in [0.2, 0.25) is 0 Å². The molecule has 0 radical (unpaired) electrons. The van der Waals surface area contributed by atoms with Gasteiger partial charge in [0.2, 0.25) is 0 Å². The van der Waals surface area contributed by atoms with Crippen LogP contribution in [0.3, 0.4) is 0 Å². The summed E-state index contributed by atoms with van der Waals surface area (Å²) in [5, 5.41) is 11.5. The van der Waals surface area contributed by atoms with Crippen molar-refractivity contribution in [3.05, 3.63) is 29.6 Å². The van der Waals surface area contributed by atoms with Crippen molar-refractivity contribution in [2.45, 2.75) is 13.5 Å². The van der Waals surface area contributed by atoms with Crippen LogP contribution in [0, 0.1) is 6.92 Å². The summed E-state index contributed by atoms with van der Waals surface area (Å²) >= 11 is 0. The number of nitrogens with zero attached hydrogens (tertiary/aromatic N) is 3. The lowest BCUT2D eigenvalue weighted by molar-refractivity contribution is 0.425. The highest BCUT2D eigenvalue weighted by Crippen LogP contribution is 2.17. The molecule has 2 N–H and O–H groups in total. The van der Waals surface area contributed by atoms with Gasteiger partial charge in [-0.05, 0) is 18.6 Å². The molecular weight excluding hydrogens is 180 g/mol. The fraction of sp³-hybridized carbons (Fsp3) is 0.222. The Bertz CT molecular complexity index is 438. The van der Waals surface area contributed by atoms with Gasteiger partial charge in [0.1, 0.15) is 5.69 Å². The van der Waals surface area contributed by atoms with Gasteiger partial charge in [-0.2, -0.15) is 5.10 Å². The van der Waals surface area contributed by atoms with Gasteiger partial charge in [0.15, 0.2) is 5.76 Å². The maximum Gasteiger partial charge on any atom is 0.187 e. The second-order valence-electron chi connectivity index (χ2n) is 2.99. The number of hydrogen-bond acceptors (Lipinski definition) is 5. The van der Waals surface area contributed by atoms with E-state index < -0.39 is 0 Å². The van der Waals surface area contributed by atoms with E-state index in [1.165, 1.54) is 0 Å². The molecule has 0 fully saturated rings. The van der Waals surface area contributed by atoms with Gasteiger partial charge in [0.25, 0.3) is 0 Å². The van der Waals surface area contributed by atoms with Crippen LogP contribution in [-0.4, -0.2) is 15.4 Å². The van der Waals surface area contributed by atoms with Crippen LogP contribution in [0.4, 0.5) is 0 Å². The van der Waals surface area contributed by atoms with E-state index in [1.807, 2.05) is 19.1 Å². The fourth-order valence-corrected chi connectivity index (χ4v) is 1.12. The Hall–Kier alpha value is -1.75. The van der Waals surface area contributed by atoms with E-state index in [2.05, 4.69) is 15.4 Å². The molecule has 0 bridgehead atoms. The number of rotatable bonds is 2. The zero-order valence-corrected chi connectivity index (χ0v) is 7.77. The van der Waals surface area contributed by atoms with Gasteiger partial charge in [0, 0.05) is 12.6 Å². The highest BCUT2D eigenvalue weighted by molar-refractivity contribution is 5.51. The predicted molar refractivity (Wildman–Crippen MR) is 50.2 cm³/mol. The van der Waals surface area contributed by atoms with Crippen molar-refractivity contribution in [1.29, 1.82) is 0 Å². The summed E-state index contributed by atoms with van der Waals surface area (Å²) in [5.41, 5.74) is 7.89. The van der Waals surface area contributed by atoms with Gasteiger partial charge < -0.3 is 10.3 Å². The van der Waals surface area contributed by atoms with Crippen molar-refractivity contribution >= 4 is 0 Å². The zero-order chi connectivity index (χ0) is 9.97. The molecule has 2 aromatic rings. The molecule has 0 unspecified atom stereocenters. The van der Waals surface area contributed by atoms with Crippen LogP contribution in [0.5, 0.6) is 0 Å². The average Bonchev–Trinajstić information content (AvgIpc) is 2.65. The van der Waals surface area contributed by atoms with E-state index in [0.717, 1.165) is 11.3 Å². The van der Waals surface area contributed by atoms with Crippen LogP contribution >= 0.6 is 0 Å². The Morgan fingerprint density at radius 2 is 2.29 bits per heavy atom. The van der Waals surface area contributed by atoms with Crippen LogP contribution in [0.15, 0.2) is 22.9 Å². The maximum absolute atomic E-state index is 5.49. The van der Waals surface area contributed by atoms with Crippen molar-refractivity contribution in [2.75, 3.05) is 0 Å². The van der Waals surface area contributed by atoms with Gasteiger partial charge in [-0.3, -0.25) is 0 Å². The summed E-state index contributed by atoms with van der Waals surface area (Å²) in [5.74, 6) is 0.616. The third kappa shape index (κ3) is 1.62. The summed E-state index contributed by atoms with van der Waals surface area (Å²) in [6.07, 6.45) is 1.63. The largest absolute Gasteiger partial charge is 0.354 e. The van der Waals surface area contributed by atoms with Crippen molar-refractivity contribution in [3.63, 3.8) is 0 Å². The van der Waals surface area contributed by atoms with Crippen LogP contribution in [0.1, 0.15) is 11.3 Å². The fourth-order valence-electron chi connectivity index (χ4n) is 1.12. The first-order valence-corrected chi connectivity index (χ1v) is 4.25. The van der Waals surface area contributed by atoms with Crippen molar-refractivity contribution < 1.29 is 4.52 Å². The summed E-state index contributed by atoms with van der Waals surface area (Å²) < 4.78 is 5.06. The normalized spacial score (nSPS) is 10.4. The topological polar surface area (TPSA) is 77.8 Å². The van der Waals surface area contributed by atoms with Gasteiger partial charge in [-0.25, -0.2) is 0 Å². The van der Waals surface area contributed by atoms with Crippen molar-refractivity contribution in [2.24, 2.45) is 5.73 Å². The summed E-state index contributed by atoms with van der Waals surface area (Å²) in [4.78, 5) is 0. The summed E-state index contributed by atoms with van der Waals surface area (Å²) in [6.45, 7) is 2.29. The molecule has 2 rings (SSSR count). The highest BCUT2D eigenvalue weighted by Gasteiger charge is 2.06. The molecule has 5 heteroatoms. The minimum atomic E-state index is 0.440. The molecule has 0 aliphatic carbocycles. The molecule has 5 nitrogen and oxygen atoms in total. The molecule has 2 heterocycles. The van der Waals surface area contributed by atoms with Gasteiger partial charge in [-0.1, -0.05) is 5.16 Å². The number of hydrogen-bond donors (Lipinski definition) is 1. The third-order valence-electron chi connectivity index (χ3n) is 1.83. The molecule has 0 saturated heterocycles. The zero-order valence-electron chi connectivity index (χ0n) is 7.77. The Kier molecular flexibility index (Phi) is 2.24. The molecule has 0 saturated carbocycles. The van der Waals surface area contributed by atoms with E-state index in [0.29, 0.717) is 18.0 Å². The first-order valence-electron chi connectivity index (χ1n) is 4.25. The second kappa shape index (κ2) is 3.55.